The molecule has 0 fully saturated rings. The van der Waals surface area contributed by atoms with E-state index in [0.29, 0.717) is 11.3 Å². The van der Waals surface area contributed by atoms with Crippen LogP contribution in [0.2, 0.25) is 0 Å². The minimum absolute atomic E-state index is 0.375. The second-order valence-electron chi connectivity index (χ2n) is 6.68. The Bertz CT molecular complexity index is 928. The van der Waals surface area contributed by atoms with Gasteiger partial charge in [-0.2, -0.15) is 0 Å². The van der Waals surface area contributed by atoms with E-state index in [9.17, 15) is 4.79 Å². The molecule has 3 nitrogen and oxygen atoms in total. The van der Waals surface area contributed by atoms with Gasteiger partial charge >= 0.3 is 5.97 Å². The molecular formula is C24H23NO2. The Labute approximate surface area is 160 Å². The molecule has 0 aromatic heterocycles. The quantitative estimate of drug-likeness (QED) is 0.307. The van der Waals surface area contributed by atoms with Crippen LogP contribution in [0, 0.1) is 13.8 Å². The summed E-state index contributed by atoms with van der Waals surface area (Å²) in [7, 11) is 0. The topological polar surface area (TPSA) is 29.5 Å². The molecule has 0 aliphatic carbocycles. The number of hydrogen-bond donors (Lipinski definition) is 0. The number of esters is 1. The highest BCUT2D eigenvalue weighted by atomic mass is 16.5. The number of ether oxygens (including phenoxy) is 1. The first-order valence-corrected chi connectivity index (χ1v) is 8.85. The molecule has 136 valence electrons. The Balaban J connectivity index is 2.00. The molecule has 0 spiro atoms. The third-order valence-electron chi connectivity index (χ3n) is 4.17. The van der Waals surface area contributed by atoms with E-state index in [0.717, 1.165) is 17.1 Å². The van der Waals surface area contributed by atoms with Gasteiger partial charge in [0.1, 0.15) is 5.75 Å². The number of rotatable bonds is 5. The lowest BCUT2D eigenvalue weighted by atomic mass is 10.1. The molecule has 0 N–H and O–H groups in total. The van der Waals surface area contributed by atoms with Crippen LogP contribution in [0.5, 0.6) is 5.75 Å². The van der Waals surface area contributed by atoms with Gasteiger partial charge in [-0.15, -0.1) is 0 Å². The van der Waals surface area contributed by atoms with Crippen molar-refractivity contribution in [2.45, 2.75) is 20.8 Å². The van der Waals surface area contributed by atoms with Gasteiger partial charge in [-0.3, -0.25) is 0 Å². The van der Waals surface area contributed by atoms with Gasteiger partial charge in [-0.25, -0.2) is 4.79 Å². The molecule has 27 heavy (non-hydrogen) atoms. The summed E-state index contributed by atoms with van der Waals surface area (Å²) in [5.41, 5.74) is 5.90. The van der Waals surface area contributed by atoms with E-state index in [1.54, 1.807) is 19.1 Å². The number of aryl methyl sites for hydroxylation is 2. The average molecular weight is 357 g/mol. The highest BCUT2D eigenvalue weighted by Gasteiger charge is 2.13. The summed E-state index contributed by atoms with van der Waals surface area (Å²) in [6.07, 6.45) is 0. The number of carbonyl (C=O) groups is 1. The first-order valence-electron chi connectivity index (χ1n) is 8.85. The number of nitrogens with zero attached hydrogens (tertiary/aromatic N) is 1. The molecule has 0 radical (unpaired) electrons. The van der Waals surface area contributed by atoms with Gasteiger partial charge in [0.05, 0.1) is 0 Å². The van der Waals surface area contributed by atoms with Crippen molar-refractivity contribution in [2.75, 3.05) is 4.90 Å². The van der Waals surface area contributed by atoms with Crippen LogP contribution in [-0.2, 0) is 4.79 Å². The summed E-state index contributed by atoms with van der Waals surface area (Å²) < 4.78 is 5.30. The lowest BCUT2D eigenvalue weighted by Gasteiger charge is -2.26. The van der Waals surface area contributed by atoms with Gasteiger partial charge < -0.3 is 9.64 Å². The minimum Gasteiger partial charge on any atom is -0.423 e. The second-order valence-corrected chi connectivity index (χ2v) is 6.68. The van der Waals surface area contributed by atoms with Crippen LogP contribution in [0.1, 0.15) is 18.1 Å². The van der Waals surface area contributed by atoms with Crippen LogP contribution in [0.3, 0.4) is 0 Å². The molecule has 0 heterocycles. The van der Waals surface area contributed by atoms with E-state index < -0.39 is 5.97 Å². The zero-order valence-electron chi connectivity index (χ0n) is 15.9. The summed E-state index contributed by atoms with van der Waals surface area (Å²) >= 11 is 0. The highest BCUT2D eigenvalue weighted by Crippen LogP contribution is 2.35. The predicted octanol–water partition coefficient (Wildman–Crippen LogP) is 6.25. The Morgan fingerprint density at radius 1 is 0.815 bits per heavy atom. The van der Waals surface area contributed by atoms with Crippen LogP contribution in [0.15, 0.2) is 84.9 Å². The van der Waals surface area contributed by atoms with Crippen LogP contribution < -0.4 is 9.64 Å². The Kier molecular flexibility index (Phi) is 5.41. The van der Waals surface area contributed by atoms with Gasteiger partial charge in [0.2, 0.25) is 0 Å². The molecule has 0 unspecified atom stereocenters. The molecule has 3 aromatic rings. The first kappa shape index (κ1) is 18.5. The average Bonchev–Trinajstić information content (AvgIpc) is 2.63. The van der Waals surface area contributed by atoms with E-state index >= 15 is 0 Å². The monoisotopic (exact) mass is 357 g/mol. The van der Waals surface area contributed by atoms with E-state index in [1.165, 1.54) is 11.1 Å². The maximum Gasteiger partial charge on any atom is 0.338 e. The van der Waals surface area contributed by atoms with Crippen LogP contribution in [0.4, 0.5) is 17.1 Å². The summed E-state index contributed by atoms with van der Waals surface area (Å²) in [5, 5.41) is 0. The first-order chi connectivity index (χ1) is 12.9. The maximum atomic E-state index is 11.7. The molecule has 3 rings (SSSR count). The normalized spacial score (nSPS) is 10.3. The maximum absolute atomic E-state index is 11.7. The van der Waals surface area contributed by atoms with E-state index in [2.05, 4.69) is 73.9 Å². The molecule has 0 saturated heterocycles. The lowest BCUT2D eigenvalue weighted by Crippen LogP contribution is -2.11. The summed E-state index contributed by atoms with van der Waals surface area (Å²) in [6, 6.07) is 24.2. The molecule has 0 aliphatic heterocycles. The fraction of sp³-hybridized carbons (Fsp3) is 0.125. The molecule has 0 aliphatic rings. The predicted molar refractivity (Wildman–Crippen MR) is 111 cm³/mol. The largest absolute Gasteiger partial charge is 0.423 e. The lowest BCUT2D eigenvalue weighted by molar-refractivity contribution is -0.130. The Morgan fingerprint density at radius 2 is 1.33 bits per heavy atom. The fourth-order valence-corrected chi connectivity index (χ4v) is 2.84. The molecule has 3 heteroatoms. The van der Waals surface area contributed by atoms with Gasteiger partial charge in [0, 0.05) is 22.6 Å². The zero-order valence-corrected chi connectivity index (χ0v) is 15.9. The smallest absolute Gasteiger partial charge is 0.338 e. The van der Waals surface area contributed by atoms with Crippen LogP contribution in [0.25, 0.3) is 0 Å². The van der Waals surface area contributed by atoms with Crippen LogP contribution >= 0.6 is 0 Å². The van der Waals surface area contributed by atoms with Gasteiger partial charge in [0.25, 0.3) is 0 Å². The van der Waals surface area contributed by atoms with E-state index in [-0.39, 0.29) is 0 Å². The third kappa shape index (κ3) is 4.45. The number of anilines is 3. The van der Waals surface area contributed by atoms with Crippen molar-refractivity contribution >= 4 is 23.0 Å². The van der Waals surface area contributed by atoms with Crippen molar-refractivity contribution < 1.29 is 9.53 Å². The number of carbonyl (C=O) groups excluding carboxylic acids is 1. The molecular weight excluding hydrogens is 334 g/mol. The van der Waals surface area contributed by atoms with Crippen molar-refractivity contribution in [3.63, 3.8) is 0 Å². The Morgan fingerprint density at radius 3 is 1.78 bits per heavy atom. The zero-order chi connectivity index (χ0) is 19.4. The molecule has 0 amide bonds. The number of hydrogen-bond acceptors (Lipinski definition) is 3. The summed E-state index contributed by atoms with van der Waals surface area (Å²) in [5.74, 6) is 0.0807. The van der Waals surface area contributed by atoms with Crippen molar-refractivity contribution in [3.05, 3.63) is 96.1 Å². The SMILES string of the molecule is C=C(C)C(=O)Oc1ccc(N(c2cccc(C)c2)c2cccc(C)c2)cc1. The van der Waals surface area contributed by atoms with E-state index in [1.807, 2.05) is 12.1 Å². The van der Waals surface area contributed by atoms with Crippen molar-refractivity contribution in [1.29, 1.82) is 0 Å². The van der Waals surface area contributed by atoms with E-state index in [4.69, 9.17) is 4.74 Å². The van der Waals surface area contributed by atoms with Crippen molar-refractivity contribution in [3.8, 4) is 5.75 Å². The number of benzene rings is 3. The minimum atomic E-state index is -0.419. The second kappa shape index (κ2) is 7.92. The fourth-order valence-electron chi connectivity index (χ4n) is 2.84. The van der Waals surface area contributed by atoms with Crippen molar-refractivity contribution in [2.24, 2.45) is 0 Å². The van der Waals surface area contributed by atoms with Crippen LogP contribution in [-0.4, -0.2) is 5.97 Å². The highest BCUT2D eigenvalue weighted by molar-refractivity contribution is 5.89. The Hall–Kier alpha value is -3.33. The molecule has 0 bridgehead atoms. The molecule has 0 saturated carbocycles. The molecule has 3 aromatic carbocycles. The van der Waals surface area contributed by atoms with Crippen molar-refractivity contribution in [1.82, 2.24) is 0 Å². The van der Waals surface area contributed by atoms with Gasteiger partial charge in [0.15, 0.2) is 0 Å². The molecule has 0 atom stereocenters. The third-order valence-corrected chi connectivity index (χ3v) is 4.17. The standard InChI is InChI=1S/C24H23NO2/c1-17(2)24(26)27-23-13-11-20(12-14-23)25(21-9-5-7-18(3)15-21)22-10-6-8-19(4)16-22/h5-16H,1H2,2-4H3. The van der Waals surface area contributed by atoms with Gasteiger partial charge in [-0.1, -0.05) is 30.8 Å². The van der Waals surface area contributed by atoms with Gasteiger partial charge in [-0.05, 0) is 80.4 Å². The summed E-state index contributed by atoms with van der Waals surface area (Å²) in [6.45, 7) is 9.41. The summed E-state index contributed by atoms with van der Waals surface area (Å²) in [4.78, 5) is 13.9.